The van der Waals surface area contributed by atoms with E-state index in [9.17, 15) is 0 Å². The van der Waals surface area contributed by atoms with E-state index in [-0.39, 0.29) is 0 Å². The average Bonchev–Trinajstić information content (AvgIpc) is 2.19. The van der Waals surface area contributed by atoms with Gasteiger partial charge in [0.05, 0.1) is 7.11 Å². The van der Waals surface area contributed by atoms with E-state index in [1.54, 1.807) is 7.11 Å². The first-order chi connectivity index (χ1) is 6.38. The van der Waals surface area contributed by atoms with Gasteiger partial charge in [-0.25, -0.2) is 0 Å². The SMILES string of the molecule is CCC[SiH2]Oc1ccccc1OC. The van der Waals surface area contributed by atoms with Gasteiger partial charge in [-0.3, -0.25) is 0 Å². The smallest absolute Gasteiger partial charge is 0.219 e. The highest BCUT2D eigenvalue weighted by Gasteiger charge is 2.00. The van der Waals surface area contributed by atoms with E-state index in [1.165, 1.54) is 12.5 Å². The average molecular weight is 196 g/mol. The Bertz CT molecular complexity index is 250. The Morgan fingerprint density at radius 2 is 1.92 bits per heavy atom. The summed E-state index contributed by atoms with van der Waals surface area (Å²) in [7, 11) is 1.27. The first kappa shape index (κ1) is 10.1. The number of methoxy groups -OCH3 is 1. The molecule has 13 heavy (non-hydrogen) atoms. The third-order valence-corrected chi connectivity index (χ3v) is 3.34. The van der Waals surface area contributed by atoms with Crippen molar-refractivity contribution in [2.24, 2.45) is 0 Å². The van der Waals surface area contributed by atoms with Crippen LogP contribution in [0.2, 0.25) is 6.04 Å². The Hall–Kier alpha value is -0.963. The van der Waals surface area contributed by atoms with Crippen LogP contribution in [0.3, 0.4) is 0 Å². The van der Waals surface area contributed by atoms with Crippen molar-refractivity contribution >= 4 is 9.76 Å². The minimum absolute atomic E-state index is 0.398. The van der Waals surface area contributed by atoms with Gasteiger partial charge in [0, 0.05) is 0 Å². The molecule has 0 N–H and O–H groups in total. The van der Waals surface area contributed by atoms with Crippen molar-refractivity contribution < 1.29 is 9.16 Å². The van der Waals surface area contributed by atoms with Crippen molar-refractivity contribution in [3.63, 3.8) is 0 Å². The summed E-state index contributed by atoms with van der Waals surface area (Å²) in [4.78, 5) is 0. The van der Waals surface area contributed by atoms with Gasteiger partial charge in [-0.2, -0.15) is 0 Å². The summed E-state index contributed by atoms with van der Waals surface area (Å²) in [5, 5.41) is 0. The zero-order valence-electron chi connectivity index (χ0n) is 8.25. The second-order valence-electron chi connectivity index (χ2n) is 2.85. The van der Waals surface area contributed by atoms with E-state index in [0.29, 0.717) is 0 Å². The molecule has 0 spiro atoms. The van der Waals surface area contributed by atoms with E-state index in [2.05, 4.69) is 6.92 Å². The third-order valence-electron chi connectivity index (χ3n) is 1.82. The molecule has 0 atom stereocenters. The second kappa shape index (κ2) is 5.64. The number of hydrogen-bond donors (Lipinski definition) is 0. The number of benzene rings is 1. The van der Waals surface area contributed by atoms with Crippen LogP contribution in [0.15, 0.2) is 24.3 Å². The van der Waals surface area contributed by atoms with Gasteiger partial charge in [0.15, 0.2) is 5.75 Å². The molecule has 0 bridgehead atoms. The molecule has 2 nitrogen and oxygen atoms in total. The maximum Gasteiger partial charge on any atom is 0.219 e. The van der Waals surface area contributed by atoms with Crippen LogP contribution < -0.4 is 9.16 Å². The van der Waals surface area contributed by atoms with Crippen LogP contribution in [0.25, 0.3) is 0 Å². The number of rotatable bonds is 5. The van der Waals surface area contributed by atoms with Gasteiger partial charge in [0.1, 0.15) is 5.75 Å². The molecule has 1 rings (SSSR count). The van der Waals surface area contributed by atoms with Crippen molar-refractivity contribution in [2.45, 2.75) is 19.4 Å². The lowest BCUT2D eigenvalue weighted by Crippen LogP contribution is -2.01. The number of ether oxygens (including phenoxy) is 1. The minimum Gasteiger partial charge on any atom is -0.547 e. The van der Waals surface area contributed by atoms with Crippen molar-refractivity contribution in [2.75, 3.05) is 7.11 Å². The number of hydrogen-bond acceptors (Lipinski definition) is 2. The summed E-state index contributed by atoms with van der Waals surface area (Å²) in [6.45, 7) is 2.18. The van der Waals surface area contributed by atoms with Crippen LogP contribution in [0.5, 0.6) is 11.5 Å². The van der Waals surface area contributed by atoms with Crippen LogP contribution in [0.1, 0.15) is 13.3 Å². The van der Waals surface area contributed by atoms with Crippen LogP contribution in [0.4, 0.5) is 0 Å². The fourth-order valence-electron chi connectivity index (χ4n) is 1.06. The molecule has 0 amide bonds. The summed E-state index contributed by atoms with van der Waals surface area (Å²) in [6.07, 6.45) is 1.21. The molecule has 1 aromatic carbocycles. The minimum atomic E-state index is -0.398. The molecule has 0 aliphatic rings. The largest absolute Gasteiger partial charge is 0.547 e. The molecule has 0 saturated heterocycles. The molecule has 1 aromatic rings. The van der Waals surface area contributed by atoms with E-state index in [1.807, 2.05) is 24.3 Å². The summed E-state index contributed by atoms with van der Waals surface area (Å²) in [5.41, 5.74) is 0. The fraction of sp³-hybridized carbons (Fsp3) is 0.400. The third kappa shape index (κ3) is 3.11. The molecule has 0 aromatic heterocycles. The summed E-state index contributed by atoms with van der Waals surface area (Å²) in [5.74, 6) is 1.73. The molecule has 0 aliphatic heterocycles. The Morgan fingerprint density at radius 1 is 1.23 bits per heavy atom. The standard InChI is InChI=1S/C10H16O2Si/c1-3-8-13-12-10-7-5-4-6-9(10)11-2/h4-7H,3,8,13H2,1-2H3. The Kier molecular flexibility index (Phi) is 4.39. The molecule has 3 heteroatoms. The summed E-state index contributed by atoms with van der Waals surface area (Å²) < 4.78 is 10.9. The lowest BCUT2D eigenvalue weighted by atomic mass is 10.3. The normalized spacial score (nSPS) is 10.6. The Morgan fingerprint density at radius 3 is 2.54 bits per heavy atom. The van der Waals surface area contributed by atoms with Gasteiger partial charge in [0.2, 0.25) is 9.76 Å². The topological polar surface area (TPSA) is 18.5 Å². The highest BCUT2D eigenvalue weighted by Crippen LogP contribution is 2.25. The predicted molar refractivity (Wildman–Crippen MR) is 57.3 cm³/mol. The highest BCUT2D eigenvalue weighted by atomic mass is 28.2. The van der Waals surface area contributed by atoms with Gasteiger partial charge < -0.3 is 9.16 Å². The van der Waals surface area contributed by atoms with Crippen LogP contribution >= 0.6 is 0 Å². The van der Waals surface area contributed by atoms with E-state index in [0.717, 1.165) is 11.5 Å². The highest BCUT2D eigenvalue weighted by molar-refractivity contribution is 6.28. The zero-order chi connectivity index (χ0) is 9.52. The first-order valence-electron chi connectivity index (χ1n) is 4.64. The molecule has 0 aliphatic carbocycles. The molecule has 0 unspecified atom stereocenters. The van der Waals surface area contributed by atoms with Crippen molar-refractivity contribution in [3.8, 4) is 11.5 Å². The van der Waals surface area contributed by atoms with Gasteiger partial charge in [-0.05, 0) is 18.2 Å². The van der Waals surface area contributed by atoms with Gasteiger partial charge in [-0.1, -0.05) is 25.5 Å². The van der Waals surface area contributed by atoms with Gasteiger partial charge in [0.25, 0.3) is 0 Å². The predicted octanol–water partition coefficient (Wildman–Crippen LogP) is 1.99. The van der Waals surface area contributed by atoms with Crippen molar-refractivity contribution in [3.05, 3.63) is 24.3 Å². The molecule has 0 saturated carbocycles. The molecular weight excluding hydrogens is 180 g/mol. The Balaban J connectivity index is 2.54. The van der Waals surface area contributed by atoms with Crippen molar-refractivity contribution in [1.82, 2.24) is 0 Å². The number of para-hydroxylation sites is 2. The Labute approximate surface area is 81.8 Å². The first-order valence-corrected chi connectivity index (χ1v) is 6.22. The zero-order valence-corrected chi connectivity index (χ0v) is 9.66. The molecule has 72 valence electrons. The summed E-state index contributed by atoms with van der Waals surface area (Å²) in [6, 6.07) is 9.03. The van der Waals surface area contributed by atoms with Crippen molar-refractivity contribution in [1.29, 1.82) is 0 Å². The molecule has 0 fully saturated rings. The molecular formula is C10H16O2Si. The molecule has 0 radical (unpaired) electrons. The lowest BCUT2D eigenvalue weighted by Gasteiger charge is -2.09. The van der Waals surface area contributed by atoms with E-state index in [4.69, 9.17) is 9.16 Å². The quantitative estimate of drug-likeness (QED) is 0.529. The molecule has 0 heterocycles. The second-order valence-corrected chi connectivity index (χ2v) is 4.26. The fourth-order valence-corrected chi connectivity index (χ4v) is 1.96. The maximum atomic E-state index is 5.68. The monoisotopic (exact) mass is 196 g/mol. The van der Waals surface area contributed by atoms with Gasteiger partial charge in [-0.15, -0.1) is 0 Å². The van der Waals surface area contributed by atoms with Crippen LogP contribution in [0, 0.1) is 0 Å². The van der Waals surface area contributed by atoms with Gasteiger partial charge >= 0.3 is 0 Å². The van der Waals surface area contributed by atoms with E-state index < -0.39 is 9.76 Å². The summed E-state index contributed by atoms with van der Waals surface area (Å²) >= 11 is 0. The van der Waals surface area contributed by atoms with Crippen LogP contribution in [-0.4, -0.2) is 16.9 Å². The maximum absolute atomic E-state index is 5.68. The van der Waals surface area contributed by atoms with E-state index >= 15 is 0 Å². The van der Waals surface area contributed by atoms with Crippen LogP contribution in [-0.2, 0) is 0 Å². The lowest BCUT2D eigenvalue weighted by molar-refractivity contribution is 0.395.